The maximum absolute atomic E-state index is 12.9. The third-order valence-corrected chi connectivity index (χ3v) is 5.70. The molecule has 190 valence electrons. The van der Waals surface area contributed by atoms with E-state index in [9.17, 15) is 9.59 Å². The van der Waals surface area contributed by atoms with Gasteiger partial charge in [-0.15, -0.1) is 0 Å². The second kappa shape index (κ2) is 11.5. The Bertz CT molecular complexity index is 1310. The van der Waals surface area contributed by atoms with Crippen molar-refractivity contribution in [3.05, 3.63) is 65.9 Å². The van der Waals surface area contributed by atoms with Gasteiger partial charge in [-0.1, -0.05) is 12.1 Å². The summed E-state index contributed by atoms with van der Waals surface area (Å²) in [6.45, 7) is 6.22. The number of nitrogens with one attached hydrogen (secondary N) is 1. The average molecular weight is 501 g/mol. The summed E-state index contributed by atoms with van der Waals surface area (Å²) in [6, 6.07) is 14.1. The van der Waals surface area contributed by atoms with E-state index in [4.69, 9.17) is 14.7 Å². The molecule has 10 heteroatoms. The SMILES string of the molecule is CC(C)OC(=O)c1cc(Nc2nccc(-c3ccc(C(=O)N(C)C#N)cc3)n2)ccc1N1CCOCC1. The van der Waals surface area contributed by atoms with Crippen molar-refractivity contribution in [3.8, 4) is 17.5 Å². The van der Waals surface area contributed by atoms with Crippen molar-refractivity contribution >= 4 is 29.2 Å². The monoisotopic (exact) mass is 500 g/mol. The standard InChI is InChI=1S/C27H28N6O4/c1-18(2)37-26(35)22-16-21(8-9-24(22)33-12-14-36-15-13-33)30-27-29-11-10-23(31-27)19-4-6-20(7-5-19)25(34)32(3)17-28/h4-11,16,18H,12-15H2,1-3H3,(H,29,30,31). The Morgan fingerprint density at radius 3 is 2.54 bits per heavy atom. The fraction of sp³-hybridized carbons (Fsp3) is 0.296. The zero-order valence-corrected chi connectivity index (χ0v) is 21.0. The molecule has 2 heterocycles. The molecule has 0 aliphatic carbocycles. The molecule has 0 atom stereocenters. The van der Waals surface area contributed by atoms with Gasteiger partial charge in [-0.2, -0.15) is 5.26 Å². The fourth-order valence-corrected chi connectivity index (χ4v) is 3.87. The van der Waals surface area contributed by atoms with E-state index in [2.05, 4.69) is 20.2 Å². The van der Waals surface area contributed by atoms with Crippen LogP contribution >= 0.6 is 0 Å². The number of ether oxygens (including phenoxy) is 2. The molecule has 1 aromatic heterocycles. The van der Waals surface area contributed by atoms with E-state index >= 15 is 0 Å². The van der Waals surface area contributed by atoms with Gasteiger partial charge in [-0.3, -0.25) is 4.79 Å². The first-order valence-electron chi connectivity index (χ1n) is 11.9. The Balaban J connectivity index is 1.57. The van der Waals surface area contributed by atoms with Crippen molar-refractivity contribution in [2.45, 2.75) is 20.0 Å². The first-order chi connectivity index (χ1) is 17.9. The van der Waals surface area contributed by atoms with E-state index in [-0.39, 0.29) is 12.0 Å². The van der Waals surface area contributed by atoms with Gasteiger partial charge in [0.05, 0.1) is 36.3 Å². The summed E-state index contributed by atoms with van der Waals surface area (Å²) in [6.07, 6.45) is 3.18. The third-order valence-electron chi connectivity index (χ3n) is 5.70. The number of amides is 1. The molecule has 1 N–H and O–H groups in total. The number of benzene rings is 2. The van der Waals surface area contributed by atoms with Crippen molar-refractivity contribution in [3.63, 3.8) is 0 Å². The Hall–Kier alpha value is -4.49. The topological polar surface area (TPSA) is 121 Å². The number of carbonyl (C=O) groups excluding carboxylic acids is 2. The largest absolute Gasteiger partial charge is 0.459 e. The molecule has 10 nitrogen and oxygen atoms in total. The van der Waals surface area contributed by atoms with Crippen LogP contribution in [0.2, 0.25) is 0 Å². The second-order valence-electron chi connectivity index (χ2n) is 8.72. The van der Waals surface area contributed by atoms with Crippen LogP contribution in [0.3, 0.4) is 0 Å². The molecule has 37 heavy (non-hydrogen) atoms. The number of hydrogen-bond acceptors (Lipinski definition) is 9. The number of anilines is 3. The molecule has 4 rings (SSSR count). The molecule has 0 radical (unpaired) electrons. The summed E-state index contributed by atoms with van der Waals surface area (Å²) in [4.78, 5) is 37.1. The molecule has 0 saturated carbocycles. The van der Waals surface area contributed by atoms with Crippen LogP contribution in [0, 0.1) is 11.5 Å². The van der Waals surface area contributed by atoms with Gasteiger partial charge in [0.15, 0.2) is 6.19 Å². The minimum atomic E-state index is -0.397. The van der Waals surface area contributed by atoms with Crippen molar-refractivity contribution in [1.29, 1.82) is 5.26 Å². The predicted octanol–water partition coefficient (Wildman–Crippen LogP) is 3.84. The summed E-state index contributed by atoms with van der Waals surface area (Å²) >= 11 is 0. The number of nitriles is 1. The van der Waals surface area contributed by atoms with Crippen LogP contribution in [0.15, 0.2) is 54.7 Å². The predicted molar refractivity (Wildman–Crippen MR) is 138 cm³/mol. The van der Waals surface area contributed by atoms with Gasteiger partial charge in [-0.25, -0.2) is 19.7 Å². The van der Waals surface area contributed by atoms with Crippen LogP contribution in [0.25, 0.3) is 11.3 Å². The Kier molecular flexibility index (Phi) is 7.95. The summed E-state index contributed by atoms with van der Waals surface area (Å²) in [5.74, 6) is -0.429. The number of rotatable bonds is 7. The highest BCUT2D eigenvalue weighted by atomic mass is 16.5. The molecule has 3 aromatic rings. The third kappa shape index (κ3) is 6.20. The van der Waals surface area contributed by atoms with Crippen molar-refractivity contribution in [1.82, 2.24) is 14.9 Å². The number of carbonyl (C=O) groups is 2. The van der Waals surface area contributed by atoms with Gasteiger partial charge in [0.25, 0.3) is 5.91 Å². The highest BCUT2D eigenvalue weighted by Crippen LogP contribution is 2.28. The van der Waals surface area contributed by atoms with Gasteiger partial charge < -0.3 is 19.7 Å². The molecule has 1 fully saturated rings. The van der Waals surface area contributed by atoms with Crippen LogP contribution in [-0.4, -0.2) is 66.2 Å². The Morgan fingerprint density at radius 2 is 1.86 bits per heavy atom. The zero-order valence-electron chi connectivity index (χ0n) is 21.0. The van der Waals surface area contributed by atoms with Crippen molar-refractivity contribution in [2.24, 2.45) is 0 Å². The van der Waals surface area contributed by atoms with Crippen LogP contribution < -0.4 is 10.2 Å². The lowest BCUT2D eigenvalue weighted by atomic mass is 10.1. The summed E-state index contributed by atoms with van der Waals surface area (Å²) in [7, 11) is 1.42. The van der Waals surface area contributed by atoms with Gasteiger partial charge in [0.1, 0.15) is 0 Å². The highest BCUT2D eigenvalue weighted by Gasteiger charge is 2.21. The summed E-state index contributed by atoms with van der Waals surface area (Å²) < 4.78 is 10.9. The maximum atomic E-state index is 12.9. The van der Waals surface area contributed by atoms with Crippen LogP contribution in [0.1, 0.15) is 34.6 Å². The lowest BCUT2D eigenvalue weighted by Crippen LogP contribution is -2.37. The molecule has 1 aliphatic rings. The molecule has 0 bridgehead atoms. The van der Waals surface area contributed by atoms with Crippen LogP contribution in [0.5, 0.6) is 0 Å². The maximum Gasteiger partial charge on any atom is 0.340 e. The fourth-order valence-electron chi connectivity index (χ4n) is 3.87. The van der Waals surface area contributed by atoms with Gasteiger partial charge in [0, 0.05) is 43.1 Å². The molecule has 1 amide bonds. The minimum absolute atomic E-state index is 0.247. The van der Waals surface area contributed by atoms with Crippen LogP contribution in [-0.2, 0) is 9.47 Å². The van der Waals surface area contributed by atoms with E-state index in [1.807, 2.05) is 26.0 Å². The lowest BCUT2D eigenvalue weighted by molar-refractivity contribution is 0.0377. The van der Waals surface area contributed by atoms with Crippen molar-refractivity contribution < 1.29 is 19.1 Å². The molecular formula is C27H28N6O4. The van der Waals surface area contributed by atoms with E-state index in [1.54, 1.807) is 48.8 Å². The second-order valence-corrected chi connectivity index (χ2v) is 8.72. The first-order valence-corrected chi connectivity index (χ1v) is 11.9. The molecule has 0 unspecified atom stereocenters. The van der Waals surface area contributed by atoms with E-state index in [0.717, 1.165) is 16.2 Å². The smallest absolute Gasteiger partial charge is 0.340 e. The van der Waals surface area contributed by atoms with E-state index in [0.29, 0.717) is 54.8 Å². The van der Waals surface area contributed by atoms with Crippen molar-refractivity contribution in [2.75, 3.05) is 43.6 Å². The van der Waals surface area contributed by atoms with Gasteiger partial charge >= 0.3 is 5.97 Å². The van der Waals surface area contributed by atoms with E-state index in [1.165, 1.54) is 7.05 Å². The average Bonchev–Trinajstić information content (AvgIpc) is 2.92. The minimum Gasteiger partial charge on any atom is -0.459 e. The first kappa shape index (κ1) is 25.6. The molecule has 2 aromatic carbocycles. The molecule has 1 saturated heterocycles. The molecular weight excluding hydrogens is 472 g/mol. The number of morpholine rings is 1. The van der Waals surface area contributed by atoms with E-state index < -0.39 is 5.97 Å². The molecule has 0 spiro atoms. The van der Waals surface area contributed by atoms with Crippen LogP contribution in [0.4, 0.5) is 17.3 Å². The summed E-state index contributed by atoms with van der Waals surface area (Å²) in [5, 5.41) is 12.1. The number of nitrogens with zero attached hydrogens (tertiary/aromatic N) is 5. The van der Waals surface area contributed by atoms with Gasteiger partial charge in [-0.05, 0) is 50.2 Å². The number of aromatic nitrogens is 2. The lowest BCUT2D eigenvalue weighted by Gasteiger charge is -2.30. The zero-order chi connectivity index (χ0) is 26.4. The Morgan fingerprint density at radius 1 is 1.14 bits per heavy atom. The van der Waals surface area contributed by atoms with Gasteiger partial charge in [0.2, 0.25) is 5.95 Å². The quantitative estimate of drug-likeness (QED) is 0.293. The molecule has 1 aliphatic heterocycles. The Labute approximate surface area is 215 Å². The highest BCUT2D eigenvalue weighted by molar-refractivity contribution is 5.97. The number of hydrogen-bond donors (Lipinski definition) is 1. The normalized spacial score (nSPS) is 13.1. The number of esters is 1. The summed E-state index contributed by atoms with van der Waals surface area (Å²) in [5.41, 5.74) is 3.73.